The van der Waals surface area contributed by atoms with Crippen molar-refractivity contribution in [1.82, 2.24) is 5.43 Å². The summed E-state index contributed by atoms with van der Waals surface area (Å²) in [7, 11) is 0. The summed E-state index contributed by atoms with van der Waals surface area (Å²) >= 11 is 0. The predicted octanol–water partition coefficient (Wildman–Crippen LogP) is 3.32. The fourth-order valence-corrected chi connectivity index (χ4v) is 2.31. The molecule has 0 aliphatic carbocycles. The maximum absolute atomic E-state index is 12.0. The first-order chi connectivity index (χ1) is 13.4. The Hall–Kier alpha value is -4.27. The van der Waals surface area contributed by atoms with Crippen molar-refractivity contribution < 1.29 is 24.0 Å². The Balaban J connectivity index is 1.62. The van der Waals surface area contributed by atoms with E-state index in [1.807, 2.05) is 0 Å². The molecule has 0 fully saturated rings. The van der Waals surface area contributed by atoms with E-state index >= 15 is 0 Å². The predicted molar refractivity (Wildman–Crippen MR) is 99.3 cm³/mol. The molecule has 0 saturated carbocycles. The van der Waals surface area contributed by atoms with Gasteiger partial charge in [-0.1, -0.05) is 12.1 Å². The van der Waals surface area contributed by atoms with Crippen LogP contribution in [0, 0.1) is 10.1 Å². The molecule has 9 nitrogen and oxygen atoms in total. The lowest BCUT2D eigenvalue weighted by Gasteiger charge is -1.99. The molecule has 0 aliphatic rings. The monoisotopic (exact) mass is 379 g/mol. The van der Waals surface area contributed by atoms with Crippen LogP contribution in [-0.4, -0.2) is 28.1 Å². The van der Waals surface area contributed by atoms with E-state index in [0.29, 0.717) is 17.1 Å². The third-order valence-electron chi connectivity index (χ3n) is 3.74. The molecule has 1 amide bonds. The summed E-state index contributed by atoms with van der Waals surface area (Å²) in [6.07, 6.45) is 1.30. The lowest BCUT2D eigenvalue weighted by Crippen LogP contribution is -2.17. The van der Waals surface area contributed by atoms with Crippen LogP contribution in [0.15, 0.2) is 70.2 Å². The van der Waals surface area contributed by atoms with Crippen LogP contribution in [-0.2, 0) is 0 Å². The third kappa shape index (κ3) is 4.28. The Labute approximate surface area is 158 Å². The van der Waals surface area contributed by atoms with Gasteiger partial charge in [-0.05, 0) is 36.4 Å². The lowest BCUT2D eigenvalue weighted by atomic mass is 10.1. The summed E-state index contributed by atoms with van der Waals surface area (Å²) in [6.45, 7) is 0. The van der Waals surface area contributed by atoms with Crippen LogP contribution in [0.2, 0.25) is 0 Å². The molecule has 3 rings (SSSR count). The summed E-state index contributed by atoms with van der Waals surface area (Å²) in [5.41, 5.74) is 3.28. The minimum atomic E-state index is -1.01. The van der Waals surface area contributed by atoms with Crippen molar-refractivity contribution in [2.24, 2.45) is 5.10 Å². The van der Waals surface area contributed by atoms with Crippen LogP contribution in [0.1, 0.15) is 26.5 Å². The average molecular weight is 379 g/mol. The molecule has 1 aromatic heterocycles. The standard InChI is InChI=1S/C19H13N3O6/c23-18(13-5-7-15(8-6-13)22(26)27)21-20-11-16-9-10-17(28-16)12-1-3-14(4-2-12)19(24)25/h1-11H,(H,21,23)(H,24,25)/b20-11-. The van der Waals surface area contributed by atoms with Gasteiger partial charge in [0.15, 0.2) is 0 Å². The second kappa shape index (κ2) is 7.96. The number of hydrazone groups is 1. The van der Waals surface area contributed by atoms with E-state index in [1.165, 1.54) is 42.6 Å². The molecule has 0 aliphatic heterocycles. The van der Waals surface area contributed by atoms with Gasteiger partial charge in [0, 0.05) is 23.3 Å². The van der Waals surface area contributed by atoms with Gasteiger partial charge in [-0.2, -0.15) is 5.10 Å². The smallest absolute Gasteiger partial charge is 0.335 e. The van der Waals surface area contributed by atoms with Crippen LogP contribution < -0.4 is 5.43 Å². The molecule has 0 spiro atoms. The number of hydrogen-bond donors (Lipinski definition) is 2. The number of nitrogens with one attached hydrogen (secondary N) is 1. The lowest BCUT2D eigenvalue weighted by molar-refractivity contribution is -0.384. The molecule has 3 aromatic rings. The third-order valence-corrected chi connectivity index (χ3v) is 3.74. The molecule has 2 N–H and O–H groups in total. The van der Waals surface area contributed by atoms with E-state index in [0.717, 1.165) is 0 Å². The number of nitrogens with zero attached hydrogens (tertiary/aromatic N) is 2. The Kier molecular flexibility index (Phi) is 5.26. The number of hydrogen-bond acceptors (Lipinski definition) is 6. The van der Waals surface area contributed by atoms with Crippen LogP contribution in [0.25, 0.3) is 11.3 Å². The van der Waals surface area contributed by atoms with Gasteiger partial charge in [0.1, 0.15) is 11.5 Å². The number of nitro groups is 1. The van der Waals surface area contributed by atoms with Crippen molar-refractivity contribution in [2.75, 3.05) is 0 Å². The summed E-state index contributed by atoms with van der Waals surface area (Å²) in [5, 5.41) is 23.3. The van der Waals surface area contributed by atoms with E-state index in [9.17, 15) is 19.7 Å². The number of benzene rings is 2. The van der Waals surface area contributed by atoms with Crippen LogP contribution in [0.4, 0.5) is 5.69 Å². The molecular weight excluding hydrogens is 366 g/mol. The summed E-state index contributed by atoms with van der Waals surface area (Å²) in [4.78, 5) is 32.9. The van der Waals surface area contributed by atoms with Crippen molar-refractivity contribution in [3.8, 4) is 11.3 Å². The van der Waals surface area contributed by atoms with Crippen molar-refractivity contribution >= 4 is 23.8 Å². The number of carboxylic acid groups (broad SMARTS) is 1. The van der Waals surface area contributed by atoms with E-state index in [1.54, 1.807) is 24.3 Å². The molecule has 140 valence electrons. The molecule has 0 atom stereocenters. The Morgan fingerprint density at radius 1 is 1.00 bits per heavy atom. The molecule has 0 unspecified atom stereocenters. The van der Waals surface area contributed by atoms with Crippen LogP contribution >= 0.6 is 0 Å². The zero-order valence-electron chi connectivity index (χ0n) is 14.2. The van der Waals surface area contributed by atoms with E-state index in [2.05, 4.69) is 10.5 Å². The zero-order chi connectivity index (χ0) is 20.1. The van der Waals surface area contributed by atoms with Crippen molar-refractivity contribution in [1.29, 1.82) is 0 Å². The highest BCUT2D eigenvalue weighted by atomic mass is 16.6. The van der Waals surface area contributed by atoms with Gasteiger partial charge in [-0.3, -0.25) is 14.9 Å². The number of amides is 1. The highest BCUT2D eigenvalue weighted by Gasteiger charge is 2.09. The highest BCUT2D eigenvalue weighted by molar-refractivity contribution is 5.95. The Morgan fingerprint density at radius 3 is 2.25 bits per heavy atom. The quantitative estimate of drug-likeness (QED) is 0.383. The van der Waals surface area contributed by atoms with Crippen LogP contribution in [0.5, 0.6) is 0 Å². The van der Waals surface area contributed by atoms with Gasteiger partial charge in [-0.25, -0.2) is 10.2 Å². The first kappa shape index (κ1) is 18.5. The van der Waals surface area contributed by atoms with Gasteiger partial charge in [0.05, 0.1) is 16.7 Å². The Morgan fingerprint density at radius 2 is 1.64 bits per heavy atom. The van der Waals surface area contributed by atoms with Crippen LogP contribution in [0.3, 0.4) is 0 Å². The maximum atomic E-state index is 12.0. The van der Waals surface area contributed by atoms with E-state index in [-0.39, 0.29) is 16.8 Å². The second-order valence-corrected chi connectivity index (χ2v) is 5.59. The summed E-state index contributed by atoms with van der Waals surface area (Å²) < 4.78 is 5.58. The fourth-order valence-electron chi connectivity index (χ4n) is 2.31. The highest BCUT2D eigenvalue weighted by Crippen LogP contribution is 2.22. The number of nitro benzene ring substituents is 1. The zero-order valence-corrected chi connectivity index (χ0v) is 14.2. The fraction of sp³-hybridized carbons (Fsp3) is 0. The largest absolute Gasteiger partial charge is 0.478 e. The van der Waals surface area contributed by atoms with Crippen molar-refractivity contribution in [3.63, 3.8) is 0 Å². The van der Waals surface area contributed by atoms with E-state index < -0.39 is 16.8 Å². The Bertz CT molecular complexity index is 1050. The number of aromatic carboxylic acids is 1. The SMILES string of the molecule is O=C(O)c1ccc(-c2ccc(/C=N\NC(=O)c3ccc([N+](=O)[O-])cc3)o2)cc1. The number of carbonyl (C=O) groups excluding carboxylic acids is 1. The summed E-state index contributed by atoms with van der Waals surface area (Å²) in [5.74, 6) is -0.647. The first-order valence-electron chi connectivity index (χ1n) is 7.95. The van der Waals surface area contributed by atoms with Gasteiger partial charge < -0.3 is 9.52 Å². The second-order valence-electron chi connectivity index (χ2n) is 5.59. The minimum Gasteiger partial charge on any atom is -0.478 e. The van der Waals surface area contributed by atoms with Gasteiger partial charge in [0.25, 0.3) is 11.6 Å². The van der Waals surface area contributed by atoms with E-state index in [4.69, 9.17) is 9.52 Å². The minimum absolute atomic E-state index is 0.112. The average Bonchev–Trinajstić information content (AvgIpc) is 3.17. The molecule has 0 bridgehead atoms. The number of non-ortho nitro benzene ring substituents is 1. The number of rotatable bonds is 6. The molecular formula is C19H13N3O6. The number of furan rings is 1. The normalized spacial score (nSPS) is 10.7. The van der Waals surface area contributed by atoms with Gasteiger partial charge in [0.2, 0.25) is 0 Å². The number of carboxylic acids is 1. The molecule has 0 radical (unpaired) electrons. The maximum Gasteiger partial charge on any atom is 0.335 e. The molecule has 1 heterocycles. The molecule has 2 aromatic carbocycles. The van der Waals surface area contributed by atoms with Gasteiger partial charge in [-0.15, -0.1) is 0 Å². The molecule has 28 heavy (non-hydrogen) atoms. The number of carbonyl (C=O) groups is 2. The molecule has 0 saturated heterocycles. The topological polar surface area (TPSA) is 135 Å². The van der Waals surface area contributed by atoms with Crippen molar-refractivity contribution in [3.05, 3.63) is 87.7 Å². The first-order valence-corrected chi connectivity index (χ1v) is 7.95. The van der Waals surface area contributed by atoms with Gasteiger partial charge >= 0.3 is 5.97 Å². The summed E-state index contributed by atoms with van der Waals surface area (Å²) in [6, 6.07) is 14.6. The molecule has 9 heteroatoms. The van der Waals surface area contributed by atoms with Crippen molar-refractivity contribution in [2.45, 2.75) is 0 Å².